The van der Waals surface area contributed by atoms with Crippen LogP contribution in [0.4, 0.5) is 0 Å². The van der Waals surface area contributed by atoms with E-state index in [4.69, 9.17) is 4.82 Å². The van der Waals surface area contributed by atoms with E-state index < -0.39 is 17.4 Å². The van der Waals surface area contributed by atoms with Crippen LogP contribution in [0.5, 0.6) is 0 Å². The first-order chi connectivity index (χ1) is 11.5. The van der Waals surface area contributed by atoms with Gasteiger partial charge in [0.05, 0.1) is 0 Å². The molecule has 1 heteroatoms. The zero-order valence-corrected chi connectivity index (χ0v) is 16.5. The topological polar surface area (TPSA) is 0 Å². The van der Waals surface area contributed by atoms with Crippen LogP contribution in [-0.4, -0.2) is 4.82 Å². The monoisotopic (exact) mass is 348 g/mol. The molecule has 4 rings (SSSR count). The Bertz CT molecular complexity index is 851. The number of hydrogen-bond acceptors (Lipinski definition) is 0. The van der Waals surface area contributed by atoms with Crippen molar-refractivity contribution in [3.05, 3.63) is 81.9 Å². The molecule has 0 spiro atoms. The van der Waals surface area contributed by atoms with Gasteiger partial charge in [-0.25, -0.2) is 0 Å². The molecule has 0 saturated heterocycles. The zero-order valence-electron chi connectivity index (χ0n) is 15.0. The van der Waals surface area contributed by atoms with E-state index in [9.17, 15) is 0 Å². The Morgan fingerprint density at radius 3 is 1.46 bits per heavy atom. The fraction of sp³-hybridized carbons (Fsp3) is 0.261. The molecule has 0 aromatic heterocycles. The van der Waals surface area contributed by atoms with Crippen LogP contribution in [-0.2, 0) is 17.4 Å². The van der Waals surface area contributed by atoms with Crippen molar-refractivity contribution in [3.8, 4) is 0 Å². The van der Waals surface area contributed by atoms with Gasteiger partial charge in [0.25, 0.3) is 0 Å². The molecule has 120 valence electrons. The van der Waals surface area contributed by atoms with Gasteiger partial charge in [0.1, 0.15) is 0 Å². The van der Waals surface area contributed by atoms with Crippen molar-refractivity contribution in [2.75, 3.05) is 0 Å². The normalized spacial score (nSPS) is 22.0. The minimum absolute atomic E-state index is 0.583. The summed E-state index contributed by atoms with van der Waals surface area (Å²) in [5.41, 5.74) is 12.1. The third-order valence-electron chi connectivity index (χ3n) is 6.14. The first-order valence-electron chi connectivity index (χ1n) is 8.74. The van der Waals surface area contributed by atoms with E-state index in [-0.39, 0.29) is 0 Å². The van der Waals surface area contributed by atoms with E-state index in [1.165, 1.54) is 33.4 Å². The first kappa shape index (κ1) is 16.0. The summed E-state index contributed by atoms with van der Waals surface area (Å²) < 4.78 is 1.17. The van der Waals surface area contributed by atoms with Crippen LogP contribution in [0.15, 0.2) is 59.7 Å². The van der Waals surface area contributed by atoms with Crippen LogP contribution in [0.2, 0.25) is 0 Å². The van der Waals surface area contributed by atoms with Crippen molar-refractivity contribution in [3.63, 3.8) is 0 Å². The summed E-state index contributed by atoms with van der Waals surface area (Å²) in [6, 6.07) is 18.0. The van der Waals surface area contributed by atoms with E-state index in [0.717, 1.165) is 0 Å². The van der Waals surface area contributed by atoms with Crippen LogP contribution in [0.3, 0.4) is 0 Å². The first-order valence-corrected chi connectivity index (χ1v) is 11.6. The standard InChI is InChI=1S/2C11H11.CH2.Ti/c2*1-8-7-10-5-3-4-6-11(10)9(8)2;;/h2*3-7H,1-2H3;1H2;. The van der Waals surface area contributed by atoms with Crippen molar-refractivity contribution < 1.29 is 17.4 Å². The molecule has 2 unspecified atom stereocenters. The van der Waals surface area contributed by atoms with Gasteiger partial charge in [-0.1, -0.05) is 0 Å². The number of rotatable bonds is 2. The Balaban J connectivity index is 1.84. The van der Waals surface area contributed by atoms with Crippen LogP contribution in [0, 0.1) is 0 Å². The Labute approximate surface area is 151 Å². The maximum atomic E-state index is 4.87. The van der Waals surface area contributed by atoms with Gasteiger partial charge in [-0.15, -0.1) is 0 Å². The Morgan fingerprint density at radius 2 is 1.04 bits per heavy atom. The van der Waals surface area contributed by atoms with E-state index in [1.54, 1.807) is 11.1 Å². The molecule has 0 amide bonds. The summed E-state index contributed by atoms with van der Waals surface area (Å²) in [4.78, 5) is 4.87. The maximum absolute atomic E-state index is 4.87. The summed E-state index contributed by atoms with van der Waals surface area (Å²) in [7, 11) is 0. The third kappa shape index (κ3) is 2.13. The molecule has 2 aromatic rings. The average molecular weight is 348 g/mol. The third-order valence-corrected chi connectivity index (χ3v) is 10.8. The second-order valence-electron chi connectivity index (χ2n) is 7.23. The van der Waals surface area contributed by atoms with Gasteiger partial charge >= 0.3 is 151 Å². The van der Waals surface area contributed by atoms with E-state index in [2.05, 4.69) is 76.2 Å². The molecule has 2 aliphatic carbocycles. The van der Waals surface area contributed by atoms with Gasteiger partial charge in [0.15, 0.2) is 0 Å². The molecular weight excluding hydrogens is 324 g/mol. The predicted octanol–water partition coefficient (Wildman–Crippen LogP) is 6.13. The number of fused-ring (bicyclic) bond motifs is 2. The van der Waals surface area contributed by atoms with Crippen molar-refractivity contribution >= 4 is 16.0 Å². The number of allylic oxidation sites excluding steroid dienone is 4. The molecule has 0 saturated carbocycles. The summed E-state index contributed by atoms with van der Waals surface area (Å²) in [5, 5.41) is 0. The van der Waals surface area contributed by atoms with Crippen LogP contribution >= 0.6 is 0 Å². The summed E-state index contributed by atoms with van der Waals surface area (Å²) in [5.74, 6) is 0. The fourth-order valence-electron chi connectivity index (χ4n) is 4.63. The van der Waals surface area contributed by atoms with E-state index in [1.807, 2.05) is 0 Å². The summed E-state index contributed by atoms with van der Waals surface area (Å²) >= 11 is -1.67. The molecule has 0 aliphatic heterocycles. The molecule has 0 nitrogen and oxygen atoms in total. The molecule has 0 radical (unpaired) electrons. The van der Waals surface area contributed by atoms with Gasteiger partial charge in [-0.05, 0) is 0 Å². The zero-order chi connectivity index (χ0) is 17.0. The molecule has 2 aromatic carbocycles. The van der Waals surface area contributed by atoms with Gasteiger partial charge < -0.3 is 0 Å². The van der Waals surface area contributed by atoms with Crippen molar-refractivity contribution in [1.82, 2.24) is 0 Å². The Kier molecular flexibility index (Phi) is 3.86. The summed E-state index contributed by atoms with van der Waals surface area (Å²) in [6.07, 6.45) is 0. The van der Waals surface area contributed by atoms with E-state index >= 15 is 0 Å². The predicted molar refractivity (Wildman–Crippen MR) is 102 cm³/mol. The SMILES string of the molecule is [CH2]=[Ti]([CH]1C(C)=C(C)c2ccccc21)[CH]1C(C)=C(C)c2ccccc21. The number of hydrogen-bond donors (Lipinski definition) is 0. The quantitative estimate of drug-likeness (QED) is 0.573. The van der Waals surface area contributed by atoms with Gasteiger partial charge in [0, 0.05) is 0 Å². The minimum atomic E-state index is -1.67. The van der Waals surface area contributed by atoms with Crippen molar-refractivity contribution in [2.45, 2.75) is 36.1 Å². The van der Waals surface area contributed by atoms with Gasteiger partial charge in [-0.3, -0.25) is 0 Å². The second-order valence-corrected chi connectivity index (χ2v) is 10.8. The molecular formula is C23H24Ti. The Hall–Kier alpha value is -1.50. The molecule has 2 aliphatic rings. The van der Waals surface area contributed by atoms with Crippen molar-refractivity contribution in [1.29, 1.82) is 0 Å². The molecule has 24 heavy (non-hydrogen) atoms. The summed E-state index contributed by atoms with van der Waals surface area (Å²) in [6.45, 7) is 9.25. The van der Waals surface area contributed by atoms with Gasteiger partial charge in [-0.2, -0.15) is 0 Å². The van der Waals surface area contributed by atoms with E-state index in [0.29, 0.717) is 8.45 Å². The molecule has 0 heterocycles. The van der Waals surface area contributed by atoms with Crippen molar-refractivity contribution in [2.24, 2.45) is 0 Å². The molecule has 0 N–H and O–H groups in total. The van der Waals surface area contributed by atoms with Crippen LogP contribution in [0.1, 0.15) is 58.4 Å². The second kappa shape index (κ2) is 5.79. The average Bonchev–Trinajstić information content (AvgIpc) is 3.00. The number of benzene rings is 2. The fourth-order valence-corrected chi connectivity index (χ4v) is 9.59. The Morgan fingerprint density at radius 1 is 0.667 bits per heavy atom. The molecule has 0 bridgehead atoms. The molecule has 2 atom stereocenters. The van der Waals surface area contributed by atoms with Crippen LogP contribution < -0.4 is 0 Å². The molecule has 0 fully saturated rings. The van der Waals surface area contributed by atoms with Crippen LogP contribution in [0.25, 0.3) is 11.1 Å². The van der Waals surface area contributed by atoms with Gasteiger partial charge in [0.2, 0.25) is 0 Å².